The first-order valence-electron chi connectivity index (χ1n) is 8.74. The Morgan fingerprint density at radius 3 is 2.50 bits per heavy atom. The van der Waals surface area contributed by atoms with Crippen LogP contribution in [0.3, 0.4) is 0 Å². The minimum Gasteiger partial charge on any atom is -0.323 e. The number of quaternary nitrogens is 1. The molecule has 0 fully saturated rings. The smallest absolute Gasteiger partial charge is 0.279 e. The maximum atomic E-state index is 12.5. The van der Waals surface area contributed by atoms with Crippen molar-refractivity contribution in [2.75, 3.05) is 18.4 Å². The highest BCUT2D eigenvalue weighted by Crippen LogP contribution is 2.12. The van der Waals surface area contributed by atoms with Crippen LogP contribution < -0.4 is 10.2 Å². The van der Waals surface area contributed by atoms with Gasteiger partial charge in [0.1, 0.15) is 6.54 Å². The number of benzene rings is 2. The van der Waals surface area contributed by atoms with Crippen molar-refractivity contribution in [3.8, 4) is 0 Å². The molecule has 0 aliphatic carbocycles. The number of para-hydroxylation sites is 1. The van der Waals surface area contributed by atoms with Gasteiger partial charge < -0.3 is 10.2 Å². The average Bonchev–Trinajstić information content (AvgIpc) is 2.53. The summed E-state index contributed by atoms with van der Waals surface area (Å²) in [6.07, 6.45) is 1.07. The lowest BCUT2D eigenvalue weighted by Crippen LogP contribution is -3.11. The van der Waals surface area contributed by atoms with Crippen molar-refractivity contribution < 1.29 is 9.69 Å². The topological polar surface area (TPSA) is 33.5 Å². The summed E-state index contributed by atoms with van der Waals surface area (Å²) in [5, 5.41) is 3.05. The molecule has 1 atom stereocenters. The summed E-state index contributed by atoms with van der Waals surface area (Å²) in [4.78, 5) is 13.8. The van der Waals surface area contributed by atoms with E-state index in [0.29, 0.717) is 6.54 Å². The molecule has 2 N–H and O–H groups in total. The predicted molar refractivity (Wildman–Crippen MR) is 100 cm³/mol. The first kappa shape index (κ1) is 18.2. The van der Waals surface area contributed by atoms with Gasteiger partial charge in [-0.05, 0) is 44.4 Å². The minimum atomic E-state index is 0.0815. The molecule has 0 spiro atoms. The Hall–Kier alpha value is -2.13. The molecule has 128 valence electrons. The summed E-state index contributed by atoms with van der Waals surface area (Å²) in [5.41, 5.74) is 5.91. The highest BCUT2D eigenvalue weighted by molar-refractivity contribution is 5.92. The van der Waals surface area contributed by atoms with Crippen molar-refractivity contribution in [1.29, 1.82) is 0 Å². The molecule has 0 aliphatic heterocycles. The third kappa shape index (κ3) is 5.20. The Morgan fingerprint density at radius 2 is 1.79 bits per heavy atom. The van der Waals surface area contributed by atoms with Gasteiger partial charge in [-0.3, -0.25) is 4.79 Å². The van der Waals surface area contributed by atoms with Gasteiger partial charge in [-0.1, -0.05) is 48.9 Å². The molecule has 0 heterocycles. The second kappa shape index (κ2) is 8.65. The molecule has 0 aliphatic rings. The summed E-state index contributed by atoms with van der Waals surface area (Å²) in [5.74, 6) is 0.0815. The Labute approximate surface area is 145 Å². The zero-order valence-corrected chi connectivity index (χ0v) is 15.3. The lowest BCUT2D eigenvalue weighted by molar-refractivity contribution is -0.905. The van der Waals surface area contributed by atoms with Crippen LogP contribution in [-0.2, 0) is 11.3 Å². The SMILES string of the molecule is CCC[NH+](CC(=O)Nc1ccccc1C)Cc1cc(C)ccc1C. The summed E-state index contributed by atoms with van der Waals surface area (Å²) in [6, 6.07) is 14.5. The van der Waals surface area contributed by atoms with E-state index in [4.69, 9.17) is 0 Å². The van der Waals surface area contributed by atoms with E-state index in [0.717, 1.165) is 30.8 Å². The molecule has 2 aromatic rings. The Balaban J connectivity index is 2.03. The van der Waals surface area contributed by atoms with E-state index in [1.54, 1.807) is 0 Å². The number of rotatable bonds is 7. The van der Waals surface area contributed by atoms with Crippen molar-refractivity contribution in [3.05, 3.63) is 64.7 Å². The molecule has 2 rings (SSSR count). The number of aryl methyl sites for hydroxylation is 3. The second-order valence-electron chi connectivity index (χ2n) is 6.65. The molecular weight excluding hydrogens is 296 g/mol. The third-order valence-corrected chi connectivity index (χ3v) is 4.38. The minimum absolute atomic E-state index is 0.0815. The number of carbonyl (C=O) groups is 1. The van der Waals surface area contributed by atoms with Gasteiger partial charge in [0.15, 0.2) is 6.54 Å². The fraction of sp³-hybridized carbons (Fsp3) is 0.381. The van der Waals surface area contributed by atoms with E-state index in [2.05, 4.69) is 44.3 Å². The van der Waals surface area contributed by atoms with E-state index in [1.807, 2.05) is 31.2 Å². The lowest BCUT2D eigenvalue weighted by atomic mass is 10.1. The maximum absolute atomic E-state index is 12.5. The molecule has 0 radical (unpaired) electrons. The fourth-order valence-electron chi connectivity index (χ4n) is 2.99. The van der Waals surface area contributed by atoms with Gasteiger partial charge in [0.05, 0.1) is 6.54 Å². The van der Waals surface area contributed by atoms with Gasteiger partial charge in [0.25, 0.3) is 5.91 Å². The van der Waals surface area contributed by atoms with Crippen LogP contribution in [0.2, 0.25) is 0 Å². The summed E-state index contributed by atoms with van der Waals surface area (Å²) >= 11 is 0. The first-order valence-corrected chi connectivity index (χ1v) is 8.74. The van der Waals surface area contributed by atoms with Crippen molar-refractivity contribution in [2.45, 2.75) is 40.7 Å². The van der Waals surface area contributed by atoms with Crippen LogP contribution in [0.1, 0.15) is 35.6 Å². The van der Waals surface area contributed by atoms with E-state index in [9.17, 15) is 4.79 Å². The average molecular weight is 325 g/mol. The van der Waals surface area contributed by atoms with Gasteiger partial charge in [-0.2, -0.15) is 0 Å². The molecule has 1 unspecified atom stereocenters. The number of nitrogens with one attached hydrogen (secondary N) is 2. The van der Waals surface area contributed by atoms with E-state index in [-0.39, 0.29) is 5.91 Å². The fourth-order valence-corrected chi connectivity index (χ4v) is 2.99. The molecule has 1 amide bonds. The van der Waals surface area contributed by atoms with E-state index < -0.39 is 0 Å². The summed E-state index contributed by atoms with van der Waals surface area (Å²) < 4.78 is 0. The second-order valence-corrected chi connectivity index (χ2v) is 6.65. The molecule has 3 nitrogen and oxygen atoms in total. The molecular formula is C21H29N2O+. The Morgan fingerprint density at radius 1 is 1.04 bits per heavy atom. The molecule has 0 bridgehead atoms. The monoisotopic (exact) mass is 325 g/mol. The largest absolute Gasteiger partial charge is 0.323 e. The van der Waals surface area contributed by atoms with Crippen LogP contribution in [0.15, 0.2) is 42.5 Å². The van der Waals surface area contributed by atoms with E-state index in [1.165, 1.54) is 21.6 Å². The van der Waals surface area contributed by atoms with E-state index >= 15 is 0 Å². The number of amides is 1. The van der Waals surface area contributed by atoms with Gasteiger partial charge in [0, 0.05) is 11.3 Å². The summed E-state index contributed by atoms with van der Waals surface area (Å²) in [6.45, 7) is 10.8. The predicted octanol–water partition coefficient (Wildman–Crippen LogP) is 3.05. The molecule has 0 saturated carbocycles. The molecule has 2 aromatic carbocycles. The number of anilines is 1. The Bertz CT molecular complexity index is 694. The third-order valence-electron chi connectivity index (χ3n) is 4.38. The zero-order valence-electron chi connectivity index (χ0n) is 15.3. The van der Waals surface area contributed by atoms with Gasteiger partial charge in [-0.15, -0.1) is 0 Å². The van der Waals surface area contributed by atoms with Crippen LogP contribution in [0.5, 0.6) is 0 Å². The molecule has 0 saturated heterocycles. The van der Waals surface area contributed by atoms with Crippen LogP contribution in [0.4, 0.5) is 5.69 Å². The van der Waals surface area contributed by atoms with Crippen LogP contribution in [0.25, 0.3) is 0 Å². The van der Waals surface area contributed by atoms with Crippen molar-refractivity contribution >= 4 is 11.6 Å². The molecule has 0 aromatic heterocycles. The first-order chi connectivity index (χ1) is 11.5. The van der Waals surface area contributed by atoms with Crippen molar-refractivity contribution in [3.63, 3.8) is 0 Å². The Kier molecular flexibility index (Phi) is 6.56. The van der Waals surface area contributed by atoms with Crippen molar-refractivity contribution in [2.24, 2.45) is 0 Å². The number of hydrogen-bond donors (Lipinski definition) is 2. The van der Waals surface area contributed by atoms with Gasteiger partial charge in [0.2, 0.25) is 0 Å². The summed E-state index contributed by atoms with van der Waals surface area (Å²) in [7, 11) is 0. The standard InChI is InChI=1S/C21H28N2O/c1-5-12-23(14-19-13-16(2)10-11-17(19)3)15-21(24)22-20-9-7-6-8-18(20)4/h6-11,13H,5,12,14-15H2,1-4H3,(H,22,24)/p+1. The maximum Gasteiger partial charge on any atom is 0.279 e. The van der Waals surface area contributed by atoms with Crippen LogP contribution >= 0.6 is 0 Å². The molecule has 3 heteroatoms. The van der Waals surface area contributed by atoms with Crippen LogP contribution in [-0.4, -0.2) is 19.0 Å². The normalized spacial score (nSPS) is 12.0. The van der Waals surface area contributed by atoms with Crippen molar-refractivity contribution in [1.82, 2.24) is 0 Å². The highest BCUT2D eigenvalue weighted by Gasteiger charge is 2.16. The number of carbonyl (C=O) groups excluding carboxylic acids is 1. The van der Waals surface area contributed by atoms with Gasteiger partial charge in [-0.25, -0.2) is 0 Å². The number of hydrogen-bond acceptors (Lipinski definition) is 1. The zero-order chi connectivity index (χ0) is 17.5. The molecule has 24 heavy (non-hydrogen) atoms. The van der Waals surface area contributed by atoms with Gasteiger partial charge >= 0.3 is 0 Å². The quantitative estimate of drug-likeness (QED) is 0.806. The highest BCUT2D eigenvalue weighted by atomic mass is 16.2. The van der Waals surface area contributed by atoms with Crippen LogP contribution in [0, 0.1) is 20.8 Å². The lowest BCUT2D eigenvalue weighted by Gasteiger charge is -2.20.